The Morgan fingerprint density at radius 3 is 2.45 bits per heavy atom. The van der Waals surface area contributed by atoms with Crippen molar-refractivity contribution in [1.82, 2.24) is 0 Å². The molecule has 2 aromatic carbocycles. The van der Waals surface area contributed by atoms with E-state index < -0.39 is 17.9 Å². The summed E-state index contributed by atoms with van der Waals surface area (Å²) in [5, 5.41) is 10.3. The van der Waals surface area contributed by atoms with E-state index >= 15 is 0 Å². The molecule has 33 heavy (non-hydrogen) atoms. The van der Waals surface area contributed by atoms with Gasteiger partial charge in [-0.3, -0.25) is 0 Å². The molecule has 0 atom stereocenters. The van der Waals surface area contributed by atoms with Crippen LogP contribution in [-0.4, -0.2) is 42.5 Å². The molecule has 3 N–H and O–H groups in total. The third-order valence-corrected chi connectivity index (χ3v) is 5.44. The van der Waals surface area contributed by atoms with Crippen molar-refractivity contribution in [2.75, 3.05) is 18.0 Å². The first-order chi connectivity index (χ1) is 15.7. The van der Waals surface area contributed by atoms with Crippen LogP contribution in [0.15, 0.2) is 40.8 Å². The van der Waals surface area contributed by atoms with Gasteiger partial charge in [0.1, 0.15) is 28.5 Å². The predicted molar refractivity (Wildman–Crippen MR) is 120 cm³/mol. The van der Waals surface area contributed by atoms with E-state index in [0.717, 1.165) is 5.69 Å². The van der Waals surface area contributed by atoms with Crippen LogP contribution in [0, 0.1) is 5.82 Å². The number of carbonyl (C=O) groups is 2. The molecule has 0 spiro atoms. The lowest BCUT2D eigenvalue weighted by Gasteiger charge is -2.32. The smallest absolute Gasteiger partial charge is 0.412 e. The highest BCUT2D eigenvalue weighted by molar-refractivity contribution is 6.12. The molecule has 1 aromatic heterocycles. The van der Waals surface area contributed by atoms with Crippen molar-refractivity contribution in [3.63, 3.8) is 0 Å². The van der Waals surface area contributed by atoms with Gasteiger partial charge in [-0.25, -0.2) is 14.0 Å². The number of aliphatic hydroxyl groups excluding tert-OH is 1. The maximum absolute atomic E-state index is 13.5. The number of carbonyl (C=O) groups excluding carboxylic acids is 2. The number of hydrogen-bond donors (Lipinski definition) is 2. The number of aliphatic hydroxyl groups is 1. The van der Waals surface area contributed by atoms with Crippen LogP contribution in [0.4, 0.5) is 14.9 Å². The minimum Gasteiger partial charge on any atom is -0.489 e. The van der Waals surface area contributed by atoms with Crippen molar-refractivity contribution in [2.45, 2.75) is 38.9 Å². The van der Waals surface area contributed by atoms with Crippen LogP contribution in [0.3, 0.4) is 0 Å². The lowest BCUT2D eigenvalue weighted by Crippen LogP contribution is -2.36. The summed E-state index contributed by atoms with van der Waals surface area (Å²) >= 11 is 0. The summed E-state index contributed by atoms with van der Waals surface area (Å²) < 4.78 is 30.2. The van der Waals surface area contributed by atoms with Gasteiger partial charge in [-0.15, -0.1) is 0 Å². The molecule has 1 amide bonds. The molecular formula is C24H25FN2O6. The Hall–Kier alpha value is -3.59. The molecule has 1 aliphatic heterocycles. The molecule has 0 bridgehead atoms. The molecule has 0 radical (unpaired) electrons. The van der Waals surface area contributed by atoms with E-state index in [4.69, 9.17) is 14.9 Å². The van der Waals surface area contributed by atoms with Gasteiger partial charge in [0.2, 0.25) is 0 Å². The first kappa shape index (κ1) is 22.6. The molecule has 3 aromatic rings. The second-order valence-corrected chi connectivity index (χ2v) is 8.22. The molecule has 1 aliphatic rings. The Kier molecular flexibility index (Phi) is 6.24. The van der Waals surface area contributed by atoms with Crippen LogP contribution < -0.4 is 15.4 Å². The Bertz CT molecular complexity index is 1180. The van der Waals surface area contributed by atoms with E-state index in [-0.39, 0.29) is 23.5 Å². The maximum atomic E-state index is 13.5. The van der Waals surface area contributed by atoms with E-state index in [1.807, 2.05) is 13.8 Å². The number of fused-ring (bicyclic) bond motifs is 1. The number of furan rings is 1. The summed E-state index contributed by atoms with van der Waals surface area (Å²) in [7, 11) is 0. The van der Waals surface area contributed by atoms with Crippen molar-refractivity contribution >= 4 is 28.7 Å². The van der Waals surface area contributed by atoms with Gasteiger partial charge in [-0.1, -0.05) is 0 Å². The highest BCUT2D eigenvalue weighted by atomic mass is 19.1. The minimum absolute atomic E-state index is 0.00960. The molecule has 8 nitrogen and oxygen atoms in total. The zero-order valence-corrected chi connectivity index (χ0v) is 18.3. The lowest BCUT2D eigenvalue weighted by molar-refractivity contribution is 0.0640. The Balaban J connectivity index is 1.91. The number of esters is 1. The second-order valence-electron chi connectivity index (χ2n) is 8.22. The average molecular weight is 456 g/mol. The quantitative estimate of drug-likeness (QED) is 0.436. The van der Waals surface area contributed by atoms with Crippen molar-refractivity contribution < 1.29 is 33.0 Å². The van der Waals surface area contributed by atoms with Gasteiger partial charge < -0.3 is 29.6 Å². The van der Waals surface area contributed by atoms with E-state index in [1.54, 1.807) is 12.1 Å². The SMILES string of the molecule is CC(C)Oc1cc2c(C(=O)OC(N)=O)c(-c3ccc(F)cc3)oc2cc1N1CCC(O)CC1. The molecule has 0 saturated carbocycles. The minimum atomic E-state index is -1.25. The number of halogens is 1. The summed E-state index contributed by atoms with van der Waals surface area (Å²) in [6, 6.07) is 8.84. The summed E-state index contributed by atoms with van der Waals surface area (Å²) in [4.78, 5) is 26.2. The van der Waals surface area contributed by atoms with Crippen molar-refractivity contribution in [2.24, 2.45) is 5.73 Å². The molecular weight excluding hydrogens is 431 g/mol. The van der Waals surface area contributed by atoms with Crippen molar-refractivity contribution in [3.8, 4) is 17.1 Å². The van der Waals surface area contributed by atoms with Crippen LogP contribution in [0.25, 0.3) is 22.3 Å². The van der Waals surface area contributed by atoms with Crippen molar-refractivity contribution in [3.05, 3.63) is 47.8 Å². The first-order valence-electron chi connectivity index (χ1n) is 10.7. The van der Waals surface area contributed by atoms with Crippen LogP contribution in [0.2, 0.25) is 0 Å². The number of piperidine rings is 1. The molecule has 9 heteroatoms. The fourth-order valence-corrected chi connectivity index (χ4v) is 3.96. The summed E-state index contributed by atoms with van der Waals surface area (Å²) in [6.07, 6.45) is -0.506. The Morgan fingerprint density at radius 1 is 1.18 bits per heavy atom. The number of hydrogen-bond acceptors (Lipinski definition) is 7. The normalized spacial score (nSPS) is 14.6. The van der Waals surface area contributed by atoms with E-state index in [0.29, 0.717) is 48.2 Å². The zero-order chi connectivity index (χ0) is 23.7. The average Bonchev–Trinajstić information content (AvgIpc) is 3.12. The predicted octanol–water partition coefficient (Wildman–Crippen LogP) is 4.22. The lowest BCUT2D eigenvalue weighted by atomic mass is 10.0. The van der Waals surface area contributed by atoms with Gasteiger partial charge in [0.25, 0.3) is 0 Å². The second kappa shape index (κ2) is 9.11. The van der Waals surface area contributed by atoms with Gasteiger partial charge in [0, 0.05) is 30.1 Å². The van der Waals surface area contributed by atoms with Gasteiger partial charge in [0.15, 0.2) is 0 Å². The summed E-state index contributed by atoms with van der Waals surface area (Å²) in [5.41, 5.74) is 6.61. The highest BCUT2D eigenvalue weighted by Crippen LogP contribution is 2.41. The summed E-state index contributed by atoms with van der Waals surface area (Å²) in [6.45, 7) is 5.03. The number of ether oxygens (including phenoxy) is 2. The number of nitrogens with two attached hydrogens (primary N) is 1. The zero-order valence-electron chi connectivity index (χ0n) is 18.3. The van der Waals surface area contributed by atoms with Crippen LogP contribution in [-0.2, 0) is 4.74 Å². The number of rotatable bonds is 5. The van der Waals surface area contributed by atoms with Gasteiger partial charge in [-0.05, 0) is 57.0 Å². The molecule has 0 aliphatic carbocycles. The first-order valence-corrected chi connectivity index (χ1v) is 10.7. The number of benzene rings is 2. The molecule has 0 unspecified atom stereocenters. The number of amides is 1. The van der Waals surface area contributed by atoms with Crippen LogP contribution in [0.1, 0.15) is 37.0 Å². The van der Waals surface area contributed by atoms with E-state index in [1.165, 1.54) is 24.3 Å². The largest absolute Gasteiger partial charge is 0.489 e. The molecule has 1 saturated heterocycles. The third kappa shape index (κ3) is 4.78. The Morgan fingerprint density at radius 2 is 1.85 bits per heavy atom. The molecule has 4 rings (SSSR count). The highest BCUT2D eigenvalue weighted by Gasteiger charge is 2.28. The van der Waals surface area contributed by atoms with Crippen LogP contribution >= 0.6 is 0 Å². The fourth-order valence-electron chi connectivity index (χ4n) is 3.96. The standard InChI is InChI=1S/C24H25FN2O6/c1-13(2)31-20-11-17-19(12-18(20)27-9-7-16(28)8-10-27)32-22(14-3-5-15(25)6-4-14)21(17)23(29)33-24(26)30/h3-6,11-13,16,28H,7-10H2,1-2H3,(H2,26,30). The number of anilines is 1. The van der Waals surface area contributed by atoms with Crippen LogP contribution in [0.5, 0.6) is 5.75 Å². The molecule has 2 heterocycles. The van der Waals surface area contributed by atoms with Gasteiger partial charge in [-0.2, -0.15) is 0 Å². The maximum Gasteiger partial charge on any atom is 0.412 e. The van der Waals surface area contributed by atoms with Gasteiger partial charge >= 0.3 is 12.1 Å². The van der Waals surface area contributed by atoms with Crippen molar-refractivity contribution in [1.29, 1.82) is 0 Å². The van der Waals surface area contributed by atoms with Gasteiger partial charge in [0.05, 0.1) is 17.9 Å². The van der Waals surface area contributed by atoms with E-state index in [2.05, 4.69) is 9.64 Å². The fraction of sp³-hybridized carbons (Fsp3) is 0.333. The Labute approximate surface area is 189 Å². The topological polar surface area (TPSA) is 115 Å². The molecule has 174 valence electrons. The number of nitrogens with zero attached hydrogens (tertiary/aromatic N) is 1. The molecule has 1 fully saturated rings. The summed E-state index contributed by atoms with van der Waals surface area (Å²) in [5.74, 6) is -0.783. The monoisotopic (exact) mass is 456 g/mol. The third-order valence-electron chi connectivity index (χ3n) is 5.44. The van der Waals surface area contributed by atoms with E-state index in [9.17, 15) is 19.1 Å². The number of primary amides is 1.